The lowest BCUT2D eigenvalue weighted by Crippen LogP contribution is -2.40. The van der Waals surface area contributed by atoms with Crippen LogP contribution in [-0.4, -0.2) is 42.4 Å². The molecule has 0 aliphatic carbocycles. The van der Waals surface area contributed by atoms with E-state index in [0.717, 1.165) is 0 Å². The maximum absolute atomic E-state index is 12.0. The van der Waals surface area contributed by atoms with Crippen molar-refractivity contribution in [3.63, 3.8) is 0 Å². The molecule has 0 heterocycles. The molecule has 1 N–H and O–H groups in total. The number of hydrogen-bond acceptors (Lipinski definition) is 4. The lowest BCUT2D eigenvalue weighted by atomic mass is 10.1. The molecule has 0 aromatic heterocycles. The first-order chi connectivity index (χ1) is 7.81. The van der Waals surface area contributed by atoms with Crippen LogP contribution in [0.5, 0.6) is 0 Å². The van der Waals surface area contributed by atoms with Gasteiger partial charge in [0.1, 0.15) is 0 Å². The summed E-state index contributed by atoms with van der Waals surface area (Å²) in [5.74, 6) is -0.500. The zero-order valence-electron chi connectivity index (χ0n) is 9.41. The van der Waals surface area contributed by atoms with E-state index in [4.69, 9.17) is 15.6 Å². The fourth-order valence-corrected chi connectivity index (χ4v) is 1.28. The minimum atomic E-state index is -4.65. The van der Waals surface area contributed by atoms with Gasteiger partial charge in [-0.25, -0.2) is 0 Å². The highest BCUT2D eigenvalue weighted by molar-refractivity contribution is 4.88. The highest BCUT2D eigenvalue weighted by atomic mass is 19.4. The number of likely N-dealkylation sites (N-methyl/N-ethyl adjacent to an activating group) is 1. The SMILES string of the molecule is CN(CC(C#N)CCC#N)CC(O)C(F)(F)F. The molecule has 0 saturated carbocycles. The van der Waals surface area contributed by atoms with E-state index in [1.54, 1.807) is 0 Å². The lowest BCUT2D eigenvalue weighted by molar-refractivity contribution is -0.207. The van der Waals surface area contributed by atoms with Crippen molar-refractivity contribution >= 4 is 0 Å². The van der Waals surface area contributed by atoms with Crippen molar-refractivity contribution in [1.82, 2.24) is 4.90 Å². The Balaban J connectivity index is 4.12. The quantitative estimate of drug-likeness (QED) is 0.769. The van der Waals surface area contributed by atoms with E-state index in [-0.39, 0.29) is 13.0 Å². The van der Waals surface area contributed by atoms with Crippen LogP contribution in [0.25, 0.3) is 0 Å². The molecular formula is C10H14F3N3O. The molecule has 0 aliphatic rings. The van der Waals surface area contributed by atoms with Crippen LogP contribution in [0.3, 0.4) is 0 Å². The highest BCUT2D eigenvalue weighted by Crippen LogP contribution is 2.20. The molecule has 0 saturated heterocycles. The average molecular weight is 249 g/mol. The summed E-state index contributed by atoms with van der Waals surface area (Å²) in [4.78, 5) is 1.24. The number of nitriles is 2. The molecule has 0 aliphatic heterocycles. The third kappa shape index (κ3) is 6.77. The van der Waals surface area contributed by atoms with Crippen LogP contribution in [0.1, 0.15) is 12.8 Å². The van der Waals surface area contributed by atoms with Gasteiger partial charge >= 0.3 is 6.18 Å². The largest absolute Gasteiger partial charge is 0.415 e. The monoisotopic (exact) mass is 249 g/mol. The van der Waals surface area contributed by atoms with Crippen LogP contribution in [0.4, 0.5) is 13.2 Å². The summed E-state index contributed by atoms with van der Waals surface area (Å²) in [5.41, 5.74) is 0. The second kappa shape index (κ2) is 7.10. The van der Waals surface area contributed by atoms with E-state index in [1.807, 2.05) is 12.1 Å². The number of alkyl halides is 3. The van der Waals surface area contributed by atoms with Crippen molar-refractivity contribution in [2.75, 3.05) is 20.1 Å². The summed E-state index contributed by atoms with van der Waals surface area (Å²) in [7, 11) is 1.39. The van der Waals surface area contributed by atoms with Gasteiger partial charge in [0.15, 0.2) is 6.10 Å². The first kappa shape index (κ1) is 15.7. The van der Waals surface area contributed by atoms with Crippen LogP contribution in [0.2, 0.25) is 0 Å². The minimum Gasteiger partial charge on any atom is -0.382 e. The molecule has 0 radical (unpaired) electrons. The second-order valence-electron chi connectivity index (χ2n) is 3.80. The molecule has 2 unspecified atom stereocenters. The lowest BCUT2D eigenvalue weighted by Gasteiger charge is -2.23. The maximum Gasteiger partial charge on any atom is 0.415 e. The highest BCUT2D eigenvalue weighted by Gasteiger charge is 2.38. The third-order valence-electron chi connectivity index (χ3n) is 2.18. The Morgan fingerprint density at radius 1 is 1.29 bits per heavy atom. The molecule has 4 nitrogen and oxygen atoms in total. The summed E-state index contributed by atoms with van der Waals surface area (Å²) in [6.45, 7) is -0.473. The molecule has 0 spiro atoms. The van der Waals surface area contributed by atoms with Gasteiger partial charge in [-0.15, -0.1) is 0 Å². The van der Waals surface area contributed by atoms with E-state index in [9.17, 15) is 13.2 Å². The molecule has 0 fully saturated rings. The van der Waals surface area contributed by atoms with Gasteiger partial charge in [0, 0.05) is 19.5 Å². The standard InChI is InChI=1S/C10H14F3N3O/c1-16(7-9(17)10(11,12)13)6-8(5-15)3-2-4-14/h8-9,17H,2-3,6-7H2,1H3. The van der Waals surface area contributed by atoms with Gasteiger partial charge in [0.25, 0.3) is 0 Å². The Morgan fingerprint density at radius 3 is 2.29 bits per heavy atom. The van der Waals surface area contributed by atoms with Crippen LogP contribution in [0.15, 0.2) is 0 Å². The summed E-state index contributed by atoms with van der Waals surface area (Å²) >= 11 is 0. The summed E-state index contributed by atoms with van der Waals surface area (Å²) in [6.07, 6.45) is -6.56. The summed E-state index contributed by atoms with van der Waals surface area (Å²) in [5, 5.41) is 25.9. The minimum absolute atomic E-state index is 0.102. The Kier molecular flexibility index (Phi) is 6.55. The molecular weight excluding hydrogens is 235 g/mol. The number of rotatable bonds is 6. The van der Waals surface area contributed by atoms with E-state index in [1.165, 1.54) is 11.9 Å². The van der Waals surface area contributed by atoms with Crippen LogP contribution in [-0.2, 0) is 0 Å². The van der Waals surface area contributed by atoms with Crippen molar-refractivity contribution in [2.24, 2.45) is 5.92 Å². The molecule has 17 heavy (non-hydrogen) atoms. The Morgan fingerprint density at radius 2 is 1.88 bits per heavy atom. The fourth-order valence-electron chi connectivity index (χ4n) is 1.28. The number of nitrogens with zero attached hydrogens (tertiary/aromatic N) is 3. The predicted molar refractivity (Wildman–Crippen MR) is 53.5 cm³/mol. The Bertz CT molecular complexity index is 305. The molecule has 96 valence electrons. The summed E-state index contributed by atoms with van der Waals surface area (Å²) < 4.78 is 36.1. The van der Waals surface area contributed by atoms with Gasteiger partial charge in [0.2, 0.25) is 0 Å². The van der Waals surface area contributed by atoms with Crippen LogP contribution < -0.4 is 0 Å². The van der Waals surface area contributed by atoms with Gasteiger partial charge in [-0.2, -0.15) is 23.7 Å². The van der Waals surface area contributed by atoms with Gasteiger partial charge in [-0.3, -0.25) is 0 Å². The van der Waals surface area contributed by atoms with Crippen molar-refractivity contribution in [1.29, 1.82) is 10.5 Å². The Hall–Kier alpha value is -1.31. The van der Waals surface area contributed by atoms with Crippen molar-refractivity contribution < 1.29 is 18.3 Å². The number of aliphatic hydroxyl groups is 1. The summed E-state index contributed by atoms with van der Waals surface area (Å²) in [6, 6.07) is 3.80. The smallest absolute Gasteiger partial charge is 0.382 e. The molecule has 0 rings (SSSR count). The number of hydrogen-bond donors (Lipinski definition) is 1. The van der Waals surface area contributed by atoms with E-state index >= 15 is 0 Å². The third-order valence-corrected chi connectivity index (χ3v) is 2.18. The zero-order valence-corrected chi connectivity index (χ0v) is 9.41. The number of aliphatic hydroxyl groups excluding tert-OH is 1. The predicted octanol–water partition coefficient (Wildman–Crippen LogP) is 1.28. The van der Waals surface area contributed by atoms with Gasteiger partial charge in [-0.05, 0) is 13.5 Å². The van der Waals surface area contributed by atoms with Gasteiger partial charge < -0.3 is 10.0 Å². The average Bonchev–Trinajstić information content (AvgIpc) is 2.22. The number of halogens is 3. The molecule has 0 bridgehead atoms. The second-order valence-corrected chi connectivity index (χ2v) is 3.80. The fraction of sp³-hybridized carbons (Fsp3) is 0.800. The zero-order chi connectivity index (χ0) is 13.5. The van der Waals surface area contributed by atoms with Gasteiger partial charge in [0.05, 0.1) is 18.1 Å². The Labute approximate surface area is 97.9 Å². The van der Waals surface area contributed by atoms with Crippen molar-refractivity contribution in [3.05, 3.63) is 0 Å². The molecule has 2 atom stereocenters. The van der Waals surface area contributed by atoms with E-state index in [0.29, 0.717) is 6.42 Å². The van der Waals surface area contributed by atoms with Gasteiger partial charge in [-0.1, -0.05) is 0 Å². The topological polar surface area (TPSA) is 71.0 Å². The van der Waals surface area contributed by atoms with Crippen LogP contribution in [0, 0.1) is 28.6 Å². The van der Waals surface area contributed by atoms with Crippen molar-refractivity contribution in [3.8, 4) is 12.1 Å². The van der Waals surface area contributed by atoms with Crippen LogP contribution >= 0.6 is 0 Å². The maximum atomic E-state index is 12.0. The molecule has 0 aromatic carbocycles. The molecule has 0 aromatic rings. The first-order valence-electron chi connectivity index (χ1n) is 5.01. The normalized spacial score (nSPS) is 15.1. The van der Waals surface area contributed by atoms with Crippen molar-refractivity contribution in [2.45, 2.75) is 25.1 Å². The van der Waals surface area contributed by atoms with E-state index in [2.05, 4.69) is 0 Å². The first-order valence-corrected chi connectivity index (χ1v) is 5.01. The molecule has 0 amide bonds. The molecule has 7 heteroatoms. The van der Waals surface area contributed by atoms with E-state index < -0.39 is 24.7 Å².